The molecule has 0 heterocycles. The first-order chi connectivity index (χ1) is 13.7. The van der Waals surface area contributed by atoms with Crippen molar-refractivity contribution in [3.05, 3.63) is 71.8 Å². The lowest BCUT2D eigenvalue weighted by molar-refractivity contribution is -0.172. The average molecular weight is 414 g/mol. The number of esters is 1. The Labute approximate surface area is 168 Å². The number of rotatable bonds is 9. The summed E-state index contributed by atoms with van der Waals surface area (Å²) in [5, 5.41) is 8.32. The van der Waals surface area contributed by atoms with Crippen molar-refractivity contribution in [2.75, 3.05) is 13.2 Å². The van der Waals surface area contributed by atoms with Crippen molar-refractivity contribution in [2.24, 2.45) is 0 Å². The van der Waals surface area contributed by atoms with Crippen molar-refractivity contribution in [3.63, 3.8) is 0 Å². The quantitative estimate of drug-likeness (QED) is 0.461. The number of aryl methyl sites for hydroxylation is 2. The van der Waals surface area contributed by atoms with Crippen LogP contribution in [0, 0.1) is 0 Å². The summed E-state index contributed by atoms with van der Waals surface area (Å²) in [6.45, 7) is 0.408. The van der Waals surface area contributed by atoms with Crippen molar-refractivity contribution >= 4 is 5.97 Å². The van der Waals surface area contributed by atoms with E-state index in [9.17, 15) is 22.4 Å². The molecule has 0 radical (unpaired) electrons. The predicted molar refractivity (Wildman–Crippen MR) is 103 cm³/mol. The maximum absolute atomic E-state index is 13.2. The number of hydrogen-bond donors (Lipinski definition) is 1. The number of carbonyl (C=O) groups excluding carboxylic acids is 1. The van der Waals surface area contributed by atoms with Gasteiger partial charge >= 0.3 is 11.9 Å². The summed E-state index contributed by atoms with van der Waals surface area (Å²) in [4.78, 5) is 10.9. The van der Waals surface area contributed by atoms with E-state index in [1.54, 1.807) is 36.4 Å². The highest BCUT2D eigenvalue weighted by Gasteiger charge is 2.39. The third-order valence-electron chi connectivity index (χ3n) is 4.00. The first kappa shape index (κ1) is 24.6. The molecule has 2 aromatic carbocycles. The second-order valence-corrected chi connectivity index (χ2v) is 6.41. The van der Waals surface area contributed by atoms with E-state index >= 15 is 0 Å². The van der Waals surface area contributed by atoms with Gasteiger partial charge in [0.2, 0.25) is 0 Å². The Balaban J connectivity index is 0.000000296. The highest BCUT2D eigenvalue weighted by Crippen LogP contribution is 2.23. The van der Waals surface area contributed by atoms with Crippen LogP contribution in [0.15, 0.2) is 60.7 Å². The van der Waals surface area contributed by atoms with Gasteiger partial charge in [0.25, 0.3) is 5.92 Å². The largest absolute Gasteiger partial charge is 0.462 e. The Morgan fingerprint density at radius 2 is 1.31 bits per heavy atom. The molecule has 0 aliphatic carbocycles. The number of ether oxygens (including phenoxy) is 1. The van der Waals surface area contributed by atoms with E-state index in [0.29, 0.717) is 6.42 Å². The number of benzene rings is 2. The zero-order chi connectivity index (χ0) is 21.8. The second kappa shape index (κ2) is 12.2. The summed E-state index contributed by atoms with van der Waals surface area (Å²) in [5.41, 5.74) is 1.65. The summed E-state index contributed by atoms with van der Waals surface area (Å²) in [6.07, 6.45) is -0.357. The summed E-state index contributed by atoms with van der Waals surface area (Å²) >= 11 is 0. The minimum absolute atomic E-state index is 0.0280. The van der Waals surface area contributed by atoms with Crippen molar-refractivity contribution in [3.8, 4) is 0 Å². The number of aliphatic hydroxyl groups excluding tert-OH is 1. The fraction of sp³-hybridized carbons (Fsp3) is 0.409. The number of aliphatic hydroxyl groups is 1. The summed E-state index contributed by atoms with van der Waals surface area (Å²) in [5.74, 6) is -7.78. The Kier molecular flexibility index (Phi) is 10.4. The predicted octanol–water partition coefficient (Wildman–Crippen LogP) is 5.06. The molecule has 2 aromatic rings. The van der Waals surface area contributed by atoms with E-state index in [0.717, 1.165) is 11.1 Å². The molecule has 0 bridgehead atoms. The highest BCUT2D eigenvalue weighted by atomic mass is 19.3. The highest BCUT2D eigenvalue weighted by molar-refractivity contribution is 5.77. The molecule has 0 amide bonds. The number of alkyl halides is 4. The summed E-state index contributed by atoms with van der Waals surface area (Å²) in [7, 11) is 0. The molecule has 29 heavy (non-hydrogen) atoms. The first-order valence-electron chi connectivity index (χ1n) is 9.32. The molecule has 0 saturated carbocycles. The number of hydrogen-bond acceptors (Lipinski definition) is 3. The van der Waals surface area contributed by atoms with Gasteiger partial charge in [-0.3, -0.25) is 0 Å². The third kappa shape index (κ3) is 10.1. The van der Waals surface area contributed by atoms with Crippen LogP contribution in [0.25, 0.3) is 0 Å². The van der Waals surface area contributed by atoms with Crippen LogP contribution in [0.2, 0.25) is 0 Å². The first-order valence-corrected chi connectivity index (χ1v) is 9.32. The zero-order valence-electron chi connectivity index (χ0n) is 16.3. The van der Waals surface area contributed by atoms with Crippen molar-refractivity contribution < 1.29 is 32.2 Å². The Morgan fingerprint density at radius 1 is 0.862 bits per heavy atom. The topological polar surface area (TPSA) is 46.5 Å². The summed E-state index contributed by atoms with van der Waals surface area (Å²) < 4.78 is 55.9. The molecule has 0 aliphatic heterocycles. The standard InChI is InChI=1S/C12H14F2O2.C10H12F2O/c1-2-16-11(15)12(13,14)9-8-10-6-4-3-5-7-10;11-10(12,8-13)7-6-9-4-2-1-3-5-9/h3-7H,2,8-9H2,1H3;1-5,13H,6-8H2. The van der Waals surface area contributed by atoms with Crippen LogP contribution >= 0.6 is 0 Å². The van der Waals surface area contributed by atoms with Crippen molar-refractivity contribution in [2.45, 2.75) is 44.5 Å². The molecule has 0 aliphatic rings. The maximum Gasteiger partial charge on any atom is 0.376 e. The Hall–Kier alpha value is -2.41. The van der Waals surface area contributed by atoms with Gasteiger partial charge in [-0.05, 0) is 30.9 Å². The molecule has 2 rings (SSSR count). The second-order valence-electron chi connectivity index (χ2n) is 6.41. The fourth-order valence-corrected chi connectivity index (χ4v) is 2.34. The van der Waals surface area contributed by atoms with E-state index in [4.69, 9.17) is 5.11 Å². The molecule has 0 unspecified atom stereocenters. The Morgan fingerprint density at radius 3 is 1.72 bits per heavy atom. The molecule has 0 spiro atoms. The molecule has 0 aromatic heterocycles. The van der Waals surface area contributed by atoms with Crippen LogP contribution in [0.4, 0.5) is 17.6 Å². The van der Waals surface area contributed by atoms with E-state index in [1.165, 1.54) is 6.92 Å². The third-order valence-corrected chi connectivity index (χ3v) is 4.00. The molecule has 1 N–H and O–H groups in total. The molecule has 3 nitrogen and oxygen atoms in total. The fourth-order valence-electron chi connectivity index (χ4n) is 2.34. The molecule has 0 atom stereocenters. The Bertz CT molecular complexity index is 707. The lowest BCUT2D eigenvalue weighted by atomic mass is 10.1. The molecule has 0 saturated heterocycles. The van der Waals surface area contributed by atoms with Gasteiger partial charge in [0.05, 0.1) is 6.61 Å². The van der Waals surface area contributed by atoms with Crippen LogP contribution in [-0.2, 0) is 22.4 Å². The van der Waals surface area contributed by atoms with Gasteiger partial charge in [0, 0.05) is 12.8 Å². The van der Waals surface area contributed by atoms with Crippen molar-refractivity contribution in [1.29, 1.82) is 0 Å². The van der Waals surface area contributed by atoms with E-state index in [-0.39, 0.29) is 19.4 Å². The van der Waals surface area contributed by atoms with Crippen LogP contribution < -0.4 is 0 Å². The number of carbonyl (C=O) groups is 1. The van der Waals surface area contributed by atoms with Gasteiger partial charge in [-0.15, -0.1) is 0 Å². The van der Waals surface area contributed by atoms with Crippen LogP contribution in [0.3, 0.4) is 0 Å². The summed E-state index contributed by atoms with van der Waals surface area (Å²) in [6, 6.07) is 17.9. The van der Waals surface area contributed by atoms with Gasteiger partial charge in [0.1, 0.15) is 6.61 Å². The van der Waals surface area contributed by atoms with Crippen LogP contribution in [0.5, 0.6) is 0 Å². The smallest absolute Gasteiger partial charge is 0.376 e. The molecular formula is C22H26F4O3. The van der Waals surface area contributed by atoms with Gasteiger partial charge < -0.3 is 9.84 Å². The molecular weight excluding hydrogens is 388 g/mol. The van der Waals surface area contributed by atoms with Crippen molar-refractivity contribution in [1.82, 2.24) is 0 Å². The monoisotopic (exact) mass is 414 g/mol. The van der Waals surface area contributed by atoms with Crippen LogP contribution in [-0.4, -0.2) is 36.1 Å². The normalized spacial score (nSPS) is 11.4. The zero-order valence-corrected chi connectivity index (χ0v) is 16.3. The van der Waals surface area contributed by atoms with E-state index < -0.39 is 30.8 Å². The molecule has 7 heteroatoms. The van der Waals surface area contributed by atoms with Crippen LogP contribution in [0.1, 0.15) is 30.9 Å². The minimum atomic E-state index is -3.40. The lowest BCUT2D eigenvalue weighted by Crippen LogP contribution is -2.31. The molecule has 0 fully saturated rings. The number of halogens is 4. The van der Waals surface area contributed by atoms with Gasteiger partial charge in [-0.25, -0.2) is 13.6 Å². The van der Waals surface area contributed by atoms with E-state index in [2.05, 4.69) is 4.74 Å². The SMILES string of the molecule is CCOC(=O)C(F)(F)CCc1ccccc1.OCC(F)(F)CCc1ccccc1. The van der Waals surface area contributed by atoms with Gasteiger partial charge in [-0.1, -0.05) is 60.7 Å². The molecule has 160 valence electrons. The lowest BCUT2D eigenvalue weighted by Gasteiger charge is -2.14. The average Bonchev–Trinajstić information content (AvgIpc) is 2.73. The van der Waals surface area contributed by atoms with E-state index in [1.807, 2.05) is 24.3 Å². The van der Waals surface area contributed by atoms with Gasteiger partial charge in [0.15, 0.2) is 0 Å². The van der Waals surface area contributed by atoms with Gasteiger partial charge in [-0.2, -0.15) is 8.78 Å². The minimum Gasteiger partial charge on any atom is -0.462 e. The maximum atomic E-state index is 13.2.